The number of hydrogen-bond acceptors (Lipinski definition) is 4. The molecule has 0 radical (unpaired) electrons. The number of nitrogens with zero attached hydrogens (tertiary/aromatic N) is 2. The van der Waals surface area contributed by atoms with Crippen molar-refractivity contribution < 1.29 is 14.3 Å². The summed E-state index contributed by atoms with van der Waals surface area (Å²) >= 11 is 6.98. The Morgan fingerprint density at radius 2 is 2.10 bits per heavy atom. The van der Waals surface area contributed by atoms with Gasteiger partial charge in [0.1, 0.15) is 22.2 Å². The zero-order chi connectivity index (χ0) is 15.6. The summed E-state index contributed by atoms with van der Waals surface area (Å²) < 4.78 is 13.7. The van der Waals surface area contributed by atoms with Crippen molar-refractivity contribution in [2.45, 2.75) is 24.6 Å². The lowest BCUT2D eigenvalue weighted by Crippen LogP contribution is -2.08. The molecule has 21 heavy (non-hydrogen) atoms. The second kappa shape index (κ2) is 6.41. The molecular weight excluding hydrogens is 315 g/mol. The van der Waals surface area contributed by atoms with E-state index in [2.05, 4.69) is 9.97 Å². The largest absolute Gasteiger partial charge is 0.478 e. The van der Waals surface area contributed by atoms with Crippen molar-refractivity contribution in [1.82, 2.24) is 9.97 Å². The predicted molar refractivity (Wildman–Crippen MR) is 79.4 cm³/mol. The first-order valence-corrected chi connectivity index (χ1v) is 7.40. The van der Waals surface area contributed by atoms with E-state index < -0.39 is 5.97 Å². The molecule has 2 rings (SSSR count). The third kappa shape index (κ3) is 3.71. The minimum Gasteiger partial charge on any atom is -0.478 e. The summed E-state index contributed by atoms with van der Waals surface area (Å²) in [6.07, 6.45) is 0. The number of benzene rings is 1. The van der Waals surface area contributed by atoms with E-state index in [-0.39, 0.29) is 17.1 Å². The minimum absolute atomic E-state index is 0.0491. The maximum atomic E-state index is 13.7. The van der Waals surface area contributed by atoms with E-state index in [4.69, 9.17) is 11.6 Å². The van der Waals surface area contributed by atoms with E-state index in [1.54, 1.807) is 13.8 Å². The van der Waals surface area contributed by atoms with Gasteiger partial charge in [-0.15, -0.1) is 11.8 Å². The Labute approximate surface area is 130 Å². The van der Waals surface area contributed by atoms with E-state index in [1.807, 2.05) is 0 Å². The van der Waals surface area contributed by atoms with Crippen LogP contribution >= 0.6 is 23.4 Å². The lowest BCUT2D eigenvalue weighted by atomic mass is 10.2. The fraction of sp³-hybridized carbons (Fsp3) is 0.214. The van der Waals surface area contributed by atoms with Crippen molar-refractivity contribution >= 4 is 29.3 Å². The van der Waals surface area contributed by atoms with Crippen LogP contribution in [-0.2, 0) is 5.75 Å². The number of aromatic carboxylic acids is 1. The van der Waals surface area contributed by atoms with Crippen LogP contribution in [0.15, 0.2) is 23.2 Å². The maximum absolute atomic E-state index is 13.7. The van der Waals surface area contributed by atoms with Crippen LogP contribution in [0.5, 0.6) is 0 Å². The van der Waals surface area contributed by atoms with E-state index in [9.17, 15) is 14.3 Å². The summed E-state index contributed by atoms with van der Waals surface area (Å²) in [5.41, 5.74) is 0.842. The van der Waals surface area contributed by atoms with Gasteiger partial charge in [0.25, 0.3) is 0 Å². The number of thioether (sulfide) groups is 1. The molecule has 0 unspecified atom stereocenters. The van der Waals surface area contributed by atoms with Crippen molar-refractivity contribution in [1.29, 1.82) is 0 Å². The molecule has 0 saturated carbocycles. The van der Waals surface area contributed by atoms with Crippen molar-refractivity contribution in [2.75, 3.05) is 0 Å². The monoisotopic (exact) mass is 326 g/mol. The molecule has 0 aliphatic heterocycles. The highest BCUT2D eigenvalue weighted by Crippen LogP contribution is 2.28. The minimum atomic E-state index is -1.10. The molecule has 0 amide bonds. The number of carboxylic acids is 1. The summed E-state index contributed by atoms with van der Waals surface area (Å²) in [6.45, 7) is 3.30. The van der Waals surface area contributed by atoms with Crippen LogP contribution in [0.4, 0.5) is 4.39 Å². The van der Waals surface area contributed by atoms with E-state index in [1.165, 1.54) is 18.2 Å². The molecule has 0 saturated heterocycles. The quantitative estimate of drug-likeness (QED) is 0.682. The number of carbonyl (C=O) groups is 1. The van der Waals surface area contributed by atoms with Crippen molar-refractivity contribution in [3.63, 3.8) is 0 Å². The second-order valence-electron chi connectivity index (χ2n) is 4.37. The summed E-state index contributed by atoms with van der Waals surface area (Å²) in [5.74, 6) is -0.762. The Hall–Kier alpha value is -1.66. The standard InChI is InChI=1S/C14H12ClFN2O2S/c1-7-12(14(19)20)13(18-8(2)17-7)21-6-9-5-10(15)3-4-11(9)16/h3-5H,6H2,1-2H3,(H,19,20). The maximum Gasteiger partial charge on any atom is 0.340 e. The molecule has 110 valence electrons. The van der Waals surface area contributed by atoms with Crippen LogP contribution in [0.3, 0.4) is 0 Å². The molecule has 1 aromatic carbocycles. The fourth-order valence-corrected chi connectivity index (χ4v) is 3.12. The molecule has 4 nitrogen and oxygen atoms in total. The van der Waals surface area contributed by atoms with Gasteiger partial charge in [-0.1, -0.05) is 11.6 Å². The van der Waals surface area contributed by atoms with Crippen LogP contribution in [0.25, 0.3) is 0 Å². The first kappa shape index (κ1) is 15.7. The summed E-state index contributed by atoms with van der Waals surface area (Å²) in [7, 11) is 0. The molecule has 0 aliphatic rings. The third-order valence-corrected chi connectivity index (χ3v) is 4.01. The molecule has 1 N–H and O–H groups in total. The van der Waals surface area contributed by atoms with Crippen LogP contribution < -0.4 is 0 Å². The highest BCUT2D eigenvalue weighted by molar-refractivity contribution is 7.98. The van der Waals surface area contributed by atoms with Crippen LogP contribution in [0, 0.1) is 19.7 Å². The van der Waals surface area contributed by atoms with E-state index in [0.717, 1.165) is 11.8 Å². The molecule has 0 atom stereocenters. The number of rotatable bonds is 4. The summed E-state index contributed by atoms with van der Waals surface area (Å²) in [4.78, 5) is 19.5. The molecule has 0 bridgehead atoms. The summed E-state index contributed by atoms with van der Waals surface area (Å²) in [5, 5.41) is 10.0. The van der Waals surface area contributed by atoms with Gasteiger partial charge in [-0.05, 0) is 37.6 Å². The normalized spacial score (nSPS) is 10.7. The van der Waals surface area contributed by atoms with E-state index in [0.29, 0.717) is 27.1 Å². The molecule has 1 aromatic heterocycles. The van der Waals surface area contributed by atoms with Crippen LogP contribution in [-0.4, -0.2) is 21.0 Å². The number of carboxylic acid groups (broad SMARTS) is 1. The van der Waals surface area contributed by atoms with Gasteiger partial charge in [-0.25, -0.2) is 19.2 Å². The Balaban J connectivity index is 2.31. The Morgan fingerprint density at radius 1 is 1.38 bits per heavy atom. The second-order valence-corrected chi connectivity index (χ2v) is 5.77. The molecule has 7 heteroatoms. The lowest BCUT2D eigenvalue weighted by molar-refractivity contribution is 0.0690. The van der Waals surface area contributed by atoms with Crippen molar-refractivity contribution in [3.8, 4) is 0 Å². The fourth-order valence-electron chi connectivity index (χ4n) is 1.83. The van der Waals surface area contributed by atoms with Gasteiger partial charge in [0.05, 0.1) is 5.69 Å². The number of halogens is 2. The lowest BCUT2D eigenvalue weighted by Gasteiger charge is -2.09. The van der Waals surface area contributed by atoms with Gasteiger partial charge in [-0.3, -0.25) is 0 Å². The summed E-state index contributed by atoms with van der Waals surface area (Å²) in [6, 6.07) is 4.27. The van der Waals surface area contributed by atoms with Gasteiger partial charge >= 0.3 is 5.97 Å². The number of aryl methyl sites for hydroxylation is 2. The van der Waals surface area contributed by atoms with Gasteiger partial charge < -0.3 is 5.11 Å². The van der Waals surface area contributed by atoms with Crippen LogP contribution in [0.2, 0.25) is 5.02 Å². The van der Waals surface area contributed by atoms with Crippen molar-refractivity contribution in [2.24, 2.45) is 0 Å². The molecular formula is C14H12ClFN2O2S. The molecule has 2 aromatic rings. The molecule has 0 spiro atoms. The Kier molecular flexibility index (Phi) is 4.80. The van der Waals surface area contributed by atoms with Gasteiger partial charge in [0, 0.05) is 10.8 Å². The zero-order valence-corrected chi connectivity index (χ0v) is 12.9. The highest BCUT2D eigenvalue weighted by Gasteiger charge is 2.18. The smallest absolute Gasteiger partial charge is 0.340 e. The van der Waals surface area contributed by atoms with Crippen LogP contribution in [0.1, 0.15) is 27.4 Å². The average Bonchev–Trinajstić information content (AvgIpc) is 2.38. The topological polar surface area (TPSA) is 63.1 Å². The van der Waals surface area contributed by atoms with Gasteiger partial charge in [-0.2, -0.15) is 0 Å². The van der Waals surface area contributed by atoms with Gasteiger partial charge in [0.15, 0.2) is 0 Å². The zero-order valence-electron chi connectivity index (χ0n) is 11.4. The van der Waals surface area contributed by atoms with Crippen molar-refractivity contribution in [3.05, 3.63) is 51.7 Å². The molecule has 0 aliphatic carbocycles. The predicted octanol–water partition coefficient (Wildman–Crippen LogP) is 3.88. The number of hydrogen-bond donors (Lipinski definition) is 1. The molecule has 0 fully saturated rings. The molecule has 1 heterocycles. The van der Waals surface area contributed by atoms with Gasteiger partial charge in [0.2, 0.25) is 0 Å². The SMILES string of the molecule is Cc1nc(C)c(C(=O)O)c(SCc2cc(Cl)ccc2F)n1. The first-order chi connectivity index (χ1) is 9.88. The number of aromatic nitrogens is 2. The van der Waals surface area contributed by atoms with E-state index >= 15 is 0 Å². The highest BCUT2D eigenvalue weighted by atomic mass is 35.5. The Bertz CT molecular complexity index is 710. The first-order valence-electron chi connectivity index (χ1n) is 6.03. The average molecular weight is 327 g/mol. The third-order valence-electron chi connectivity index (χ3n) is 2.75. The Morgan fingerprint density at radius 3 is 2.76 bits per heavy atom.